The molecule has 2 heterocycles. The molecule has 1 aromatic rings. The molecule has 8 heteroatoms. The summed E-state index contributed by atoms with van der Waals surface area (Å²) >= 11 is 7.00. The Morgan fingerprint density at radius 1 is 1.52 bits per heavy atom. The van der Waals surface area contributed by atoms with E-state index in [4.69, 9.17) is 16.3 Å². The molecule has 0 unspecified atom stereocenters. The summed E-state index contributed by atoms with van der Waals surface area (Å²) in [5, 5.41) is 3.13. The quantitative estimate of drug-likeness (QED) is 0.842. The smallest absolute Gasteiger partial charge is 0.413 e. The molecule has 0 saturated heterocycles. The Hall–Kier alpha value is -1.34. The van der Waals surface area contributed by atoms with Gasteiger partial charge >= 0.3 is 6.09 Å². The fraction of sp³-hybridized carbons (Fsp3) is 0.615. The minimum absolute atomic E-state index is 0.120. The molecule has 0 aliphatic carbocycles. The zero-order valence-electron chi connectivity index (χ0n) is 11.9. The Balaban J connectivity index is 1.96. The lowest BCUT2D eigenvalue weighted by atomic mass is 10.1. The van der Waals surface area contributed by atoms with Crippen LogP contribution in [0.25, 0.3) is 0 Å². The topological polar surface area (TPSA) is 71.5 Å². The first-order valence-corrected chi connectivity index (χ1v) is 8.25. The molecule has 2 amide bonds. The molecular formula is C13H18ClN3O3S. The first-order valence-electron chi connectivity index (χ1n) is 6.90. The maximum Gasteiger partial charge on any atom is 0.413 e. The summed E-state index contributed by atoms with van der Waals surface area (Å²) in [5.74, 6) is 0.619. The first-order chi connectivity index (χ1) is 10.1. The van der Waals surface area contributed by atoms with Gasteiger partial charge in [-0.25, -0.2) is 9.78 Å². The number of nitrogens with zero attached hydrogens (tertiary/aromatic N) is 2. The Bertz CT molecular complexity index is 521. The number of halogens is 1. The molecule has 1 aromatic heterocycles. The van der Waals surface area contributed by atoms with E-state index < -0.39 is 6.09 Å². The minimum atomic E-state index is -0.501. The van der Waals surface area contributed by atoms with Gasteiger partial charge in [0.25, 0.3) is 0 Å². The van der Waals surface area contributed by atoms with Crippen LogP contribution in [0.15, 0.2) is 0 Å². The van der Waals surface area contributed by atoms with Gasteiger partial charge in [0.05, 0.1) is 18.8 Å². The van der Waals surface area contributed by atoms with E-state index in [2.05, 4.69) is 10.3 Å². The van der Waals surface area contributed by atoms with E-state index in [1.54, 1.807) is 6.92 Å². The van der Waals surface area contributed by atoms with Crippen molar-refractivity contribution in [2.45, 2.75) is 32.7 Å². The van der Waals surface area contributed by atoms with Crippen molar-refractivity contribution in [1.82, 2.24) is 9.88 Å². The number of aromatic nitrogens is 1. The predicted molar refractivity (Wildman–Crippen MR) is 81.8 cm³/mol. The van der Waals surface area contributed by atoms with Crippen LogP contribution in [0.4, 0.5) is 9.93 Å². The van der Waals surface area contributed by atoms with Crippen molar-refractivity contribution in [1.29, 1.82) is 0 Å². The molecule has 1 aliphatic rings. The van der Waals surface area contributed by atoms with Gasteiger partial charge in [-0.1, -0.05) is 11.3 Å². The van der Waals surface area contributed by atoms with Crippen molar-refractivity contribution in [2.24, 2.45) is 0 Å². The third-order valence-electron chi connectivity index (χ3n) is 3.09. The number of alkyl halides is 1. The van der Waals surface area contributed by atoms with Crippen LogP contribution >= 0.6 is 22.9 Å². The lowest BCUT2D eigenvalue weighted by Gasteiger charge is -2.26. The summed E-state index contributed by atoms with van der Waals surface area (Å²) < 4.78 is 4.82. The lowest BCUT2D eigenvalue weighted by Crippen LogP contribution is -2.35. The van der Waals surface area contributed by atoms with Gasteiger partial charge in [0.15, 0.2) is 5.13 Å². The summed E-state index contributed by atoms with van der Waals surface area (Å²) in [7, 11) is 0. The molecule has 0 atom stereocenters. The zero-order chi connectivity index (χ0) is 15.2. The molecule has 116 valence electrons. The Morgan fingerprint density at radius 3 is 3.05 bits per heavy atom. The first kappa shape index (κ1) is 16.0. The van der Waals surface area contributed by atoms with Crippen molar-refractivity contribution in [3.63, 3.8) is 0 Å². The molecule has 0 aromatic carbocycles. The number of ether oxygens (including phenoxy) is 1. The maximum atomic E-state index is 12.0. The highest BCUT2D eigenvalue weighted by Gasteiger charge is 2.24. The van der Waals surface area contributed by atoms with E-state index in [1.165, 1.54) is 11.3 Å². The van der Waals surface area contributed by atoms with E-state index in [0.717, 1.165) is 10.6 Å². The highest BCUT2D eigenvalue weighted by atomic mass is 35.5. The zero-order valence-corrected chi connectivity index (χ0v) is 13.4. The Kier molecular flexibility index (Phi) is 5.81. The second kappa shape index (κ2) is 7.61. The molecule has 0 bridgehead atoms. The van der Waals surface area contributed by atoms with Crippen LogP contribution in [-0.4, -0.2) is 40.9 Å². The average Bonchev–Trinajstić information content (AvgIpc) is 2.85. The van der Waals surface area contributed by atoms with Crippen molar-refractivity contribution < 1.29 is 14.3 Å². The number of amides is 2. The molecule has 0 radical (unpaired) electrons. The number of anilines is 1. The van der Waals surface area contributed by atoms with Crippen LogP contribution in [0.1, 0.15) is 30.3 Å². The van der Waals surface area contributed by atoms with E-state index in [9.17, 15) is 9.59 Å². The molecule has 0 fully saturated rings. The van der Waals surface area contributed by atoms with Gasteiger partial charge in [-0.3, -0.25) is 10.1 Å². The number of fused-ring (bicyclic) bond motifs is 1. The monoisotopic (exact) mass is 331 g/mol. The van der Waals surface area contributed by atoms with Gasteiger partial charge in [-0.2, -0.15) is 0 Å². The predicted octanol–water partition coefficient (Wildman–Crippen LogP) is 2.62. The molecule has 0 spiro atoms. The molecule has 6 nitrogen and oxygen atoms in total. The van der Waals surface area contributed by atoms with E-state index in [0.29, 0.717) is 50.0 Å². The fourth-order valence-electron chi connectivity index (χ4n) is 2.09. The second-order valence-corrected chi connectivity index (χ2v) is 6.05. The molecule has 2 rings (SSSR count). The molecule has 21 heavy (non-hydrogen) atoms. The largest absolute Gasteiger partial charge is 0.450 e. The van der Waals surface area contributed by atoms with Crippen molar-refractivity contribution in [3.8, 4) is 0 Å². The number of nitrogens with one attached hydrogen (secondary N) is 1. The summed E-state index contributed by atoms with van der Waals surface area (Å²) in [6.07, 6.45) is 1.38. The SMILES string of the molecule is CCOC(=O)Nc1nc2c(s1)CN(C(=O)CCCCl)CC2. The normalized spacial score (nSPS) is 13.7. The van der Waals surface area contributed by atoms with Crippen LogP contribution in [0.2, 0.25) is 0 Å². The van der Waals surface area contributed by atoms with Crippen LogP contribution in [-0.2, 0) is 22.5 Å². The van der Waals surface area contributed by atoms with Gasteiger partial charge in [0.1, 0.15) is 0 Å². The number of carbonyl (C=O) groups is 2. The van der Waals surface area contributed by atoms with Crippen LogP contribution in [0.3, 0.4) is 0 Å². The standard InChI is InChI=1S/C13H18ClN3O3S/c1-2-20-13(19)16-12-15-9-5-7-17(8-10(9)21-12)11(18)4-3-6-14/h2-8H2,1H3,(H,15,16,19). The number of hydrogen-bond donors (Lipinski definition) is 1. The van der Waals surface area contributed by atoms with E-state index in [-0.39, 0.29) is 5.91 Å². The third-order valence-corrected chi connectivity index (χ3v) is 4.36. The third kappa shape index (κ3) is 4.31. The maximum absolute atomic E-state index is 12.0. The summed E-state index contributed by atoms with van der Waals surface area (Å²) in [6, 6.07) is 0. The number of hydrogen-bond acceptors (Lipinski definition) is 5. The van der Waals surface area contributed by atoms with Crippen LogP contribution < -0.4 is 5.32 Å². The molecule has 1 aliphatic heterocycles. The van der Waals surface area contributed by atoms with E-state index >= 15 is 0 Å². The number of thiazole rings is 1. The van der Waals surface area contributed by atoms with Gasteiger partial charge in [-0.15, -0.1) is 11.6 Å². The molecule has 1 N–H and O–H groups in total. The number of rotatable bonds is 5. The van der Waals surface area contributed by atoms with Crippen molar-refractivity contribution >= 4 is 40.1 Å². The van der Waals surface area contributed by atoms with Gasteiger partial charge in [0, 0.05) is 30.1 Å². The van der Waals surface area contributed by atoms with Crippen molar-refractivity contribution in [2.75, 3.05) is 24.3 Å². The average molecular weight is 332 g/mol. The highest BCUT2D eigenvalue weighted by Crippen LogP contribution is 2.28. The van der Waals surface area contributed by atoms with Crippen LogP contribution in [0.5, 0.6) is 0 Å². The Morgan fingerprint density at radius 2 is 2.33 bits per heavy atom. The van der Waals surface area contributed by atoms with Gasteiger partial charge in [0.2, 0.25) is 5.91 Å². The molecular weight excluding hydrogens is 314 g/mol. The highest BCUT2D eigenvalue weighted by molar-refractivity contribution is 7.15. The summed E-state index contributed by atoms with van der Waals surface area (Å²) in [6.45, 7) is 3.28. The Labute approximate surface area is 132 Å². The number of carbonyl (C=O) groups excluding carboxylic acids is 2. The fourth-order valence-corrected chi connectivity index (χ4v) is 3.24. The summed E-state index contributed by atoms with van der Waals surface area (Å²) in [5.41, 5.74) is 0.952. The van der Waals surface area contributed by atoms with E-state index in [1.807, 2.05) is 4.90 Å². The minimum Gasteiger partial charge on any atom is -0.450 e. The van der Waals surface area contributed by atoms with Crippen molar-refractivity contribution in [3.05, 3.63) is 10.6 Å². The second-order valence-electron chi connectivity index (χ2n) is 4.59. The lowest BCUT2D eigenvalue weighted by molar-refractivity contribution is -0.132. The van der Waals surface area contributed by atoms with Gasteiger partial charge in [-0.05, 0) is 13.3 Å². The van der Waals surface area contributed by atoms with Gasteiger partial charge < -0.3 is 9.64 Å². The summed E-state index contributed by atoms with van der Waals surface area (Å²) in [4.78, 5) is 30.6. The molecule has 0 saturated carbocycles. The van der Waals surface area contributed by atoms with Crippen LogP contribution in [0, 0.1) is 0 Å².